The summed E-state index contributed by atoms with van der Waals surface area (Å²) in [5.74, 6) is 1.51. The molecule has 0 heterocycles. The van der Waals surface area contributed by atoms with Crippen molar-refractivity contribution in [3.63, 3.8) is 0 Å². The molecule has 68 valence electrons. The molecule has 0 aromatic heterocycles. The van der Waals surface area contributed by atoms with E-state index in [1.165, 1.54) is 16.7 Å². The summed E-state index contributed by atoms with van der Waals surface area (Å²) < 4.78 is 5.18. The van der Waals surface area contributed by atoms with Crippen molar-refractivity contribution in [2.45, 2.75) is 13.3 Å². The quantitative estimate of drug-likeness (QED) is 0.636. The lowest BCUT2D eigenvalue weighted by Gasteiger charge is -2.04. The Balaban J connectivity index is 2.48. The van der Waals surface area contributed by atoms with Gasteiger partial charge in [-0.05, 0) is 41.2 Å². The van der Waals surface area contributed by atoms with Crippen molar-refractivity contribution >= 4 is 5.57 Å². The zero-order valence-electron chi connectivity index (χ0n) is 8.13. The minimum Gasteiger partial charge on any atom is -0.497 e. The number of methoxy groups -OCH3 is 1. The van der Waals surface area contributed by atoms with E-state index < -0.39 is 0 Å². The number of fused-ring (bicyclic) bond motifs is 1. The van der Waals surface area contributed by atoms with Crippen LogP contribution in [-0.2, 0) is 6.42 Å². The number of allylic oxidation sites excluding steroid dienone is 1. The van der Waals surface area contributed by atoms with Gasteiger partial charge in [-0.2, -0.15) is 0 Å². The highest BCUT2D eigenvalue weighted by Gasteiger charge is 2.21. The SMILES string of the molecule is C=C1c2cc(OC)ccc2CC1C. The highest BCUT2D eigenvalue weighted by molar-refractivity contribution is 5.73. The molecule has 1 heteroatoms. The average Bonchev–Trinajstić information content (AvgIpc) is 2.43. The maximum atomic E-state index is 5.18. The first-order valence-electron chi connectivity index (χ1n) is 4.58. The second kappa shape index (κ2) is 2.91. The van der Waals surface area contributed by atoms with Crippen molar-refractivity contribution in [3.8, 4) is 5.75 Å². The molecule has 0 radical (unpaired) electrons. The lowest BCUT2D eigenvalue weighted by molar-refractivity contribution is 0.414. The van der Waals surface area contributed by atoms with Crippen LogP contribution in [0.5, 0.6) is 5.75 Å². The standard InChI is InChI=1S/C12H14O/c1-8-6-10-4-5-11(13-3)7-12(10)9(8)2/h4-5,7-8H,2,6H2,1,3H3. The lowest BCUT2D eigenvalue weighted by Crippen LogP contribution is -1.87. The molecule has 1 aromatic carbocycles. The van der Waals surface area contributed by atoms with Gasteiger partial charge in [0.05, 0.1) is 7.11 Å². The third-order valence-electron chi connectivity index (χ3n) is 2.78. The molecule has 0 spiro atoms. The molecule has 1 atom stereocenters. The van der Waals surface area contributed by atoms with Crippen LogP contribution < -0.4 is 4.74 Å². The van der Waals surface area contributed by atoms with E-state index in [9.17, 15) is 0 Å². The van der Waals surface area contributed by atoms with Crippen molar-refractivity contribution < 1.29 is 4.74 Å². The van der Waals surface area contributed by atoms with E-state index in [1.54, 1.807) is 7.11 Å². The number of hydrogen-bond acceptors (Lipinski definition) is 1. The molecule has 0 saturated heterocycles. The summed E-state index contributed by atoms with van der Waals surface area (Å²) in [4.78, 5) is 0. The van der Waals surface area contributed by atoms with Crippen LogP contribution in [0.15, 0.2) is 24.8 Å². The van der Waals surface area contributed by atoms with Gasteiger partial charge in [0, 0.05) is 0 Å². The molecule has 0 aliphatic heterocycles. The topological polar surface area (TPSA) is 9.23 Å². The molecule has 1 aromatic rings. The Morgan fingerprint density at radius 1 is 1.46 bits per heavy atom. The Kier molecular flexibility index (Phi) is 1.87. The lowest BCUT2D eigenvalue weighted by atomic mass is 10.0. The summed E-state index contributed by atoms with van der Waals surface area (Å²) in [6, 6.07) is 6.24. The van der Waals surface area contributed by atoms with Crippen LogP contribution in [0.25, 0.3) is 5.57 Å². The highest BCUT2D eigenvalue weighted by Crippen LogP contribution is 2.37. The maximum absolute atomic E-state index is 5.18. The van der Waals surface area contributed by atoms with Crippen molar-refractivity contribution in [1.29, 1.82) is 0 Å². The molecule has 0 amide bonds. The molecular weight excluding hydrogens is 160 g/mol. The summed E-state index contributed by atoms with van der Waals surface area (Å²) in [6.45, 7) is 6.31. The minimum atomic E-state index is 0.585. The fourth-order valence-electron chi connectivity index (χ4n) is 1.88. The number of benzene rings is 1. The van der Waals surface area contributed by atoms with E-state index in [0.717, 1.165) is 12.2 Å². The van der Waals surface area contributed by atoms with E-state index >= 15 is 0 Å². The Hall–Kier alpha value is -1.24. The molecule has 1 aliphatic rings. The number of hydrogen-bond donors (Lipinski definition) is 0. The monoisotopic (exact) mass is 174 g/mol. The molecule has 0 N–H and O–H groups in total. The Morgan fingerprint density at radius 3 is 2.92 bits per heavy atom. The molecule has 2 rings (SSSR count). The van der Waals surface area contributed by atoms with Crippen molar-refractivity contribution in [2.75, 3.05) is 7.11 Å². The van der Waals surface area contributed by atoms with Crippen LogP contribution in [0.3, 0.4) is 0 Å². The Bertz CT molecular complexity index is 352. The third-order valence-corrected chi connectivity index (χ3v) is 2.78. The number of rotatable bonds is 1. The molecule has 0 fully saturated rings. The summed E-state index contributed by atoms with van der Waals surface area (Å²) in [7, 11) is 1.70. The molecule has 1 aliphatic carbocycles. The summed E-state index contributed by atoms with van der Waals surface area (Å²) in [5, 5.41) is 0. The molecule has 0 saturated carbocycles. The van der Waals surface area contributed by atoms with Crippen molar-refractivity contribution in [2.24, 2.45) is 5.92 Å². The third kappa shape index (κ3) is 1.24. The van der Waals surface area contributed by atoms with Gasteiger partial charge < -0.3 is 4.74 Å². The largest absolute Gasteiger partial charge is 0.497 e. The van der Waals surface area contributed by atoms with E-state index in [1.807, 2.05) is 6.07 Å². The predicted octanol–water partition coefficient (Wildman–Crippen LogP) is 2.90. The fourth-order valence-corrected chi connectivity index (χ4v) is 1.88. The predicted molar refractivity (Wildman–Crippen MR) is 54.9 cm³/mol. The first-order chi connectivity index (χ1) is 6.22. The van der Waals surface area contributed by atoms with Gasteiger partial charge in [0.2, 0.25) is 0 Å². The van der Waals surface area contributed by atoms with Gasteiger partial charge in [0.25, 0.3) is 0 Å². The Labute approximate surface area is 79.0 Å². The molecule has 13 heavy (non-hydrogen) atoms. The van der Waals surface area contributed by atoms with Gasteiger partial charge >= 0.3 is 0 Å². The normalized spacial score (nSPS) is 20.2. The van der Waals surface area contributed by atoms with Gasteiger partial charge in [-0.25, -0.2) is 0 Å². The van der Waals surface area contributed by atoms with Crippen LogP contribution in [0.1, 0.15) is 18.1 Å². The van der Waals surface area contributed by atoms with Crippen molar-refractivity contribution in [3.05, 3.63) is 35.9 Å². The van der Waals surface area contributed by atoms with E-state index in [0.29, 0.717) is 5.92 Å². The summed E-state index contributed by atoms with van der Waals surface area (Å²) >= 11 is 0. The van der Waals surface area contributed by atoms with Gasteiger partial charge in [0.15, 0.2) is 0 Å². The molecule has 1 nitrogen and oxygen atoms in total. The average molecular weight is 174 g/mol. The van der Waals surface area contributed by atoms with Gasteiger partial charge in [-0.1, -0.05) is 19.6 Å². The minimum absolute atomic E-state index is 0.585. The second-order valence-corrected chi connectivity index (χ2v) is 3.65. The fraction of sp³-hybridized carbons (Fsp3) is 0.333. The highest BCUT2D eigenvalue weighted by atomic mass is 16.5. The van der Waals surface area contributed by atoms with Gasteiger partial charge in [-0.3, -0.25) is 0 Å². The number of ether oxygens (including phenoxy) is 1. The maximum Gasteiger partial charge on any atom is 0.119 e. The first kappa shape index (κ1) is 8.36. The smallest absolute Gasteiger partial charge is 0.119 e. The zero-order valence-corrected chi connectivity index (χ0v) is 8.13. The second-order valence-electron chi connectivity index (χ2n) is 3.65. The Morgan fingerprint density at radius 2 is 2.23 bits per heavy atom. The van der Waals surface area contributed by atoms with Gasteiger partial charge in [-0.15, -0.1) is 0 Å². The summed E-state index contributed by atoms with van der Waals surface area (Å²) in [5.41, 5.74) is 3.93. The van der Waals surface area contributed by atoms with E-state index in [4.69, 9.17) is 4.74 Å². The van der Waals surface area contributed by atoms with Crippen molar-refractivity contribution in [1.82, 2.24) is 0 Å². The van der Waals surface area contributed by atoms with Gasteiger partial charge in [0.1, 0.15) is 5.75 Å². The molecule has 0 bridgehead atoms. The van der Waals surface area contributed by atoms with Crippen LogP contribution in [0.2, 0.25) is 0 Å². The van der Waals surface area contributed by atoms with E-state index in [-0.39, 0.29) is 0 Å². The van der Waals surface area contributed by atoms with Crippen LogP contribution >= 0.6 is 0 Å². The molecular formula is C12H14O. The van der Waals surface area contributed by atoms with E-state index in [2.05, 4.69) is 25.6 Å². The van der Waals surface area contributed by atoms with Crippen LogP contribution in [0, 0.1) is 5.92 Å². The summed E-state index contributed by atoms with van der Waals surface area (Å²) in [6.07, 6.45) is 1.12. The van der Waals surface area contributed by atoms with Crippen LogP contribution in [-0.4, -0.2) is 7.11 Å². The zero-order chi connectivity index (χ0) is 9.42. The van der Waals surface area contributed by atoms with Crippen LogP contribution in [0.4, 0.5) is 0 Å². The molecule has 1 unspecified atom stereocenters. The first-order valence-corrected chi connectivity index (χ1v) is 4.58.